The summed E-state index contributed by atoms with van der Waals surface area (Å²) in [4.78, 5) is 15.8. The highest BCUT2D eigenvalue weighted by Crippen LogP contribution is 2.14. The van der Waals surface area contributed by atoms with Gasteiger partial charge in [0.05, 0.1) is 4.92 Å². The van der Waals surface area contributed by atoms with Gasteiger partial charge in [0.2, 0.25) is 0 Å². The normalized spacial score (nSPS) is 10.0. The number of nitrogens with zero attached hydrogens (tertiary/aromatic N) is 3. The summed E-state index contributed by atoms with van der Waals surface area (Å²) in [6, 6.07) is 3.08. The third-order valence-corrected chi connectivity index (χ3v) is 2.03. The van der Waals surface area contributed by atoms with Crippen LogP contribution in [0.5, 0.6) is 0 Å². The van der Waals surface area contributed by atoms with Crippen molar-refractivity contribution in [2.75, 3.05) is 25.0 Å². The first-order valence-electron chi connectivity index (χ1n) is 4.67. The maximum Gasteiger partial charge on any atom is 0.287 e. The molecule has 82 valence electrons. The summed E-state index contributed by atoms with van der Waals surface area (Å²) in [5, 5.41) is 10.4. The molecule has 0 aliphatic heterocycles. The minimum Gasteiger partial charge on any atom is -0.360 e. The van der Waals surface area contributed by atoms with Crippen molar-refractivity contribution in [3.8, 4) is 0 Å². The lowest BCUT2D eigenvalue weighted by molar-refractivity contribution is -0.385. The first-order valence-corrected chi connectivity index (χ1v) is 4.67. The van der Waals surface area contributed by atoms with Gasteiger partial charge in [0.15, 0.2) is 0 Å². The Hall–Kier alpha value is -1.69. The fourth-order valence-corrected chi connectivity index (χ4v) is 1.16. The van der Waals surface area contributed by atoms with E-state index in [2.05, 4.69) is 4.98 Å². The van der Waals surface area contributed by atoms with Gasteiger partial charge in [-0.05, 0) is 19.0 Å². The highest BCUT2D eigenvalue weighted by Gasteiger charge is 2.07. The van der Waals surface area contributed by atoms with Gasteiger partial charge in [-0.1, -0.05) is 0 Å². The van der Waals surface area contributed by atoms with E-state index in [1.807, 2.05) is 11.9 Å². The van der Waals surface area contributed by atoms with Gasteiger partial charge >= 0.3 is 0 Å². The first kappa shape index (κ1) is 11.4. The monoisotopic (exact) mass is 210 g/mol. The first-order chi connectivity index (χ1) is 7.15. The number of rotatable bonds is 5. The molecule has 0 saturated carbocycles. The average Bonchev–Trinajstić information content (AvgIpc) is 2.26. The van der Waals surface area contributed by atoms with Gasteiger partial charge in [-0.15, -0.1) is 0 Å². The van der Waals surface area contributed by atoms with Crippen LogP contribution in [0.2, 0.25) is 0 Å². The van der Waals surface area contributed by atoms with E-state index in [0.717, 1.165) is 13.0 Å². The van der Waals surface area contributed by atoms with Crippen LogP contribution in [0, 0.1) is 10.1 Å². The Bertz CT molecular complexity index is 325. The van der Waals surface area contributed by atoms with E-state index < -0.39 is 4.92 Å². The third kappa shape index (κ3) is 3.17. The van der Waals surface area contributed by atoms with Gasteiger partial charge in [0, 0.05) is 19.7 Å². The van der Waals surface area contributed by atoms with Crippen molar-refractivity contribution < 1.29 is 4.92 Å². The second-order valence-corrected chi connectivity index (χ2v) is 3.20. The lowest BCUT2D eigenvalue weighted by Gasteiger charge is -2.16. The zero-order valence-corrected chi connectivity index (χ0v) is 8.59. The zero-order chi connectivity index (χ0) is 11.3. The molecule has 0 aliphatic carbocycles. The SMILES string of the molecule is CN(CCCN)c1ccc([N+](=O)[O-])cn1. The summed E-state index contributed by atoms with van der Waals surface area (Å²) < 4.78 is 0. The third-order valence-electron chi connectivity index (χ3n) is 2.03. The molecule has 0 aliphatic rings. The van der Waals surface area contributed by atoms with Crippen molar-refractivity contribution in [1.29, 1.82) is 0 Å². The molecular formula is C9H14N4O2. The molecular weight excluding hydrogens is 196 g/mol. The zero-order valence-electron chi connectivity index (χ0n) is 8.59. The second-order valence-electron chi connectivity index (χ2n) is 3.20. The molecule has 0 aromatic carbocycles. The minimum absolute atomic E-state index is 0.00553. The maximum absolute atomic E-state index is 10.4. The molecule has 6 nitrogen and oxygen atoms in total. The highest BCUT2D eigenvalue weighted by atomic mass is 16.6. The van der Waals surface area contributed by atoms with E-state index in [-0.39, 0.29) is 5.69 Å². The second kappa shape index (κ2) is 5.26. The van der Waals surface area contributed by atoms with Crippen LogP contribution in [0.1, 0.15) is 6.42 Å². The smallest absolute Gasteiger partial charge is 0.287 e. The Morgan fingerprint density at radius 1 is 1.60 bits per heavy atom. The average molecular weight is 210 g/mol. The molecule has 0 fully saturated rings. The molecule has 1 aromatic heterocycles. The van der Waals surface area contributed by atoms with Crippen LogP contribution in [-0.4, -0.2) is 30.0 Å². The highest BCUT2D eigenvalue weighted by molar-refractivity contribution is 5.41. The molecule has 0 unspecified atom stereocenters. The molecule has 1 heterocycles. The van der Waals surface area contributed by atoms with Crippen LogP contribution in [0.4, 0.5) is 11.5 Å². The molecule has 1 rings (SSSR count). The summed E-state index contributed by atoms with van der Waals surface area (Å²) >= 11 is 0. The van der Waals surface area contributed by atoms with E-state index in [4.69, 9.17) is 5.73 Å². The number of hydrogen-bond donors (Lipinski definition) is 1. The van der Waals surface area contributed by atoms with Crippen molar-refractivity contribution in [2.45, 2.75) is 6.42 Å². The van der Waals surface area contributed by atoms with Crippen molar-refractivity contribution in [2.24, 2.45) is 5.73 Å². The maximum atomic E-state index is 10.4. The van der Waals surface area contributed by atoms with Gasteiger partial charge in [-0.2, -0.15) is 0 Å². The van der Waals surface area contributed by atoms with Crippen molar-refractivity contribution in [1.82, 2.24) is 4.98 Å². The van der Waals surface area contributed by atoms with Crippen molar-refractivity contribution in [3.63, 3.8) is 0 Å². The fraction of sp³-hybridized carbons (Fsp3) is 0.444. The molecule has 0 saturated heterocycles. The fourth-order valence-electron chi connectivity index (χ4n) is 1.16. The minimum atomic E-state index is -0.462. The summed E-state index contributed by atoms with van der Waals surface area (Å²) in [6.45, 7) is 1.42. The number of pyridine rings is 1. The van der Waals surface area contributed by atoms with E-state index in [1.54, 1.807) is 6.07 Å². The molecule has 2 N–H and O–H groups in total. The number of hydrogen-bond acceptors (Lipinski definition) is 5. The van der Waals surface area contributed by atoms with E-state index in [0.29, 0.717) is 12.4 Å². The van der Waals surface area contributed by atoms with Crippen LogP contribution in [0.3, 0.4) is 0 Å². The standard InChI is InChI=1S/C9H14N4O2/c1-12(6-2-5-10)9-4-3-8(7-11-9)13(14)15/h3-4,7H,2,5-6,10H2,1H3. The predicted molar refractivity (Wildman–Crippen MR) is 57.8 cm³/mol. The van der Waals surface area contributed by atoms with Gasteiger partial charge in [0.1, 0.15) is 12.0 Å². The van der Waals surface area contributed by atoms with Gasteiger partial charge in [0.25, 0.3) is 5.69 Å². The van der Waals surface area contributed by atoms with E-state index in [1.165, 1.54) is 12.3 Å². The number of anilines is 1. The van der Waals surface area contributed by atoms with Gasteiger partial charge < -0.3 is 10.6 Å². The Balaban J connectivity index is 2.66. The summed E-state index contributed by atoms with van der Waals surface area (Å²) in [5.74, 6) is 0.717. The van der Waals surface area contributed by atoms with Crippen molar-refractivity contribution >= 4 is 11.5 Å². The number of aromatic nitrogens is 1. The summed E-state index contributed by atoms with van der Waals surface area (Å²) in [5.41, 5.74) is 5.39. The van der Waals surface area contributed by atoms with Crippen LogP contribution in [0.25, 0.3) is 0 Å². The molecule has 6 heteroatoms. The summed E-state index contributed by atoms with van der Waals surface area (Å²) in [7, 11) is 1.88. The molecule has 0 spiro atoms. The molecule has 15 heavy (non-hydrogen) atoms. The molecule has 0 bridgehead atoms. The van der Waals surface area contributed by atoms with Crippen LogP contribution >= 0.6 is 0 Å². The number of nitrogens with two attached hydrogens (primary N) is 1. The van der Waals surface area contributed by atoms with Crippen LogP contribution in [0.15, 0.2) is 18.3 Å². The van der Waals surface area contributed by atoms with Crippen LogP contribution in [-0.2, 0) is 0 Å². The molecule has 1 aromatic rings. The lowest BCUT2D eigenvalue weighted by Crippen LogP contribution is -2.21. The predicted octanol–water partition coefficient (Wildman–Crippen LogP) is 0.775. The Morgan fingerprint density at radius 3 is 2.80 bits per heavy atom. The quantitative estimate of drug-likeness (QED) is 0.573. The molecule has 0 atom stereocenters. The number of nitro groups is 1. The molecule has 0 radical (unpaired) electrons. The van der Waals surface area contributed by atoms with Crippen LogP contribution < -0.4 is 10.6 Å². The summed E-state index contributed by atoms with van der Waals surface area (Å²) in [6.07, 6.45) is 2.13. The topological polar surface area (TPSA) is 85.3 Å². The largest absolute Gasteiger partial charge is 0.360 e. The lowest BCUT2D eigenvalue weighted by atomic mass is 10.3. The van der Waals surface area contributed by atoms with E-state index in [9.17, 15) is 10.1 Å². The van der Waals surface area contributed by atoms with Gasteiger partial charge in [-0.3, -0.25) is 10.1 Å². The Morgan fingerprint density at radius 2 is 2.33 bits per heavy atom. The Labute approximate surface area is 87.9 Å². The molecule has 0 amide bonds. The van der Waals surface area contributed by atoms with E-state index >= 15 is 0 Å². The van der Waals surface area contributed by atoms with Gasteiger partial charge in [-0.25, -0.2) is 4.98 Å². The van der Waals surface area contributed by atoms with Crippen molar-refractivity contribution in [3.05, 3.63) is 28.4 Å². The Kier molecular flexibility index (Phi) is 3.99.